The molecule has 1 heterocycles. The molecule has 0 amide bonds. The van der Waals surface area contributed by atoms with Gasteiger partial charge in [0.1, 0.15) is 5.75 Å². The molecule has 0 aliphatic rings. The topological polar surface area (TPSA) is 61.9 Å². The minimum Gasteiger partial charge on any atom is -0.476 e. The zero-order valence-corrected chi connectivity index (χ0v) is 13.6. The van der Waals surface area contributed by atoms with Crippen molar-refractivity contribution < 1.29 is 4.74 Å². The second-order valence-corrected chi connectivity index (χ2v) is 5.37. The van der Waals surface area contributed by atoms with Gasteiger partial charge in [0.15, 0.2) is 6.10 Å². The van der Waals surface area contributed by atoms with Gasteiger partial charge in [0, 0.05) is 12.6 Å². The van der Waals surface area contributed by atoms with Crippen LogP contribution in [-0.4, -0.2) is 25.9 Å². The average Bonchev–Trinajstić information content (AvgIpc) is 2.83. The van der Waals surface area contributed by atoms with E-state index < -0.39 is 6.10 Å². The molecule has 0 fully saturated rings. The van der Waals surface area contributed by atoms with E-state index in [1.165, 1.54) is 16.8 Å². The van der Waals surface area contributed by atoms with Crippen LogP contribution in [0.2, 0.25) is 10.0 Å². The predicted molar refractivity (Wildman–Crippen MR) is 84.9 cm³/mol. The minimum atomic E-state index is -0.473. The van der Waals surface area contributed by atoms with E-state index in [2.05, 4.69) is 16.3 Å². The van der Waals surface area contributed by atoms with E-state index in [0.29, 0.717) is 23.0 Å². The van der Waals surface area contributed by atoms with Gasteiger partial charge >= 0.3 is 5.69 Å². The van der Waals surface area contributed by atoms with Crippen LogP contribution in [0.15, 0.2) is 16.9 Å². The van der Waals surface area contributed by atoms with E-state index in [9.17, 15) is 4.79 Å². The number of aryl methyl sites for hydroxylation is 1. The molecule has 0 saturated carbocycles. The summed E-state index contributed by atoms with van der Waals surface area (Å²) in [4.78, 5) is 12.2. The molecule has 116 valence electrons. The third-order valence-corrected chi connectivity index (χ3v) is 3.44. The van der Waals surface area contributed by atoms with Crippen LogP contribution >= 0.6 is 23.2 Å². The highest BCUT2D eigenvalue weighted by Gasteiger charge is 2.16. The first-order valence-electron chi connectivity index (χ1n) is 6.63. The molecule has 1 atom stereocenters. The molecule has 0 radical (unpaired) electrons. The summed E-state index contributed by atoms with van der Waals surface area (Å²) in [6.45, 7) is 4.11. The zero-order chi connectivity index (χ0) is 16.3. The lowest BCUT2D eigenvalue weighted by atomic mass is 10.3. The Morgan fingerprint density at radius 2 is 2.09 bits per heavy atom. The number of aromatic nitrogens is 4. The smallest absolute Gasteiger partial charge is 0.368 e. The predicted octanol–water partition coefficient (Wildman–Crippen LogP) is 2.55. The number of halogens is 2. The molecule has 0 aliphatic carbocycles. The van der Waals surface area contributed by atoms with Crippen LogP contribution in [0.4, 0.5) is 0 Å². The number of rotatable bonds is 5. The molecule has 0 aliphatic heterocycles. The van der Waals surface area contributed by atoms with Crippen molar-refractivity contribution in [2.75, 3.05) is 0 Å². The summed E-state index contributed by atoms with van der Waals surface area (Å²) in [5, 5.41) is 8.19. The van der Waals surface area contributed by atoms with E-state index in [4.69, 9.17) is 34.4 Å². The fourth-order valence-corrected chi connectivity index (χ4v) is 2.28. The first-order chi connectivity index (χ1) is 10.5. The maximum Gasteiger partial charge on any atom is 0.368 e. The SMILES string of the molecule is C#CC(C)Oc1cc(-n2nnn(CCC)c2=O)c(Cl)cc1Cl. The van der Waals surface area contributed by atoms with E-state index in [1.54, 1.807) is 6.92 Å². The van der Waals surface area contributed by atoms with E-state index in [1.807, 2.05) is 6.92 Å². The van der Waals surface area contributed by atoms with Crippen molar-refractivity contribution >= 4 is 23.2 Å². The number of tetrazole rings is 1. The Balaban J connectivity index is 2.49. The lowest BCUT2D eigenvalue weighted by Gasteiger charge is -2.12. The summed E-state index contributed by atoms with van der Waals surface area (Å²) < 4.78 is 7.87. The van der Waals surface area contributed by atoms with E-state index in [-0.39, 0.29) is 10.7 Å². The number of ether oxygens (including phenoxy) is 1. The normalized spacial score (nSPS) is 12.0. The van der Waals surface area contributed by atoms with Crippen molar-refractivity contribution in [1.29, 1.82) is 0 Å². The molecule has 22 heavy (non-hydrogen) atoms. The Bertz CT molecular complexity index is 776. The second kappa shape index (κ2) is 6.86. The minimum absolute atomic E-state index is 0.261. The van der Waals surface area contributed by atoms with Crippen molar-refractivity contribution in [2.24, 2.45) is 0 Å². The molecule has 1 unspecified atom stereocenters. The standard InChI is InChI=1S/C14H14Cl2N4O2/c1-4-6-19-14(21)20(18-17-19)12-8-13(22-9(3)5-2)11(16)7-10(12)15/h2,7-9H,4,6H2,1,3H3. The molecule has 2 aromatic rings. The van der Waals surface area contributed by atoms with Gasteiger partial charge in [-0.15, -0.1) is 6.42 Å². The Labute approximate surface area is 137 Å². The van der Waals surface area contributed by atoms with Gasteiger partial charge in [-0.2, -0.15) is 9.36 Å². The fraction of sp³-hybridized carbons (Fsp3) is 0.357. The second-order valence-electron chi connectivity index (χ2n) is 4.56. The average molecular weight is 341 g/mol. The molecule has 1 aromatic heterocycles. The van der Waals surface area contributed by atoms with E-state index >= 15 is 0 Å². The molecular weight excluding hydrogens is 327 g/mol. The van der Waals surface area contributed by atoms with Crippen LogP contribution in [0.1, 0.15) is 20.3 Å². The zero-order valence-electron chi connectivity index (χ0n) is 12.1. The maximum absolute atomic E-state index is 12.2. The molecule has 1 aromatic carbocycles. The quantitative estimate of drug-likeness (QED) is 0.784. The number of hydrogen-bond donors (Lipinski definition) is 0. The highest BCUT2D eigenvalue weighted by Crippen LogP contribution is 2.33. The Kier molecular flexibility index (Phi) is 5.11. The van der Waals surface area contributed by atoms with Gasteiger partial charge in [0.25, 0.3) is 0 Å². The summed E-state index contributed by atoms with van der Waals surface area (Å²) in [5.41, 5.74) is -0.0559. The first kappa shape index (κ1) is 16.4. The number of terminal acetylenes is 1. The molecule has 0 saturated heterocycles. The van der Waals surface area contributed by atoms with E-state index in [0.717, 1.165) is 11.1 Å². The van der Waals surface area contributed by atoms with Crippen LogP contribution in [0.5, 0.6) is 5.75 Å². The van der Waals surface area contributed by atoms with Crippen molar-refractivity contribution in [3.63, 3.8) is 0 Å². The molecule has 2 rings (SSSR count). The molecule has 0 spiro atoms. The van der Waals surface area contributed by atoms with Crippen molar-refractivity contribution in [2.45, 2.75) is 32.9 Å². The van der Waals surface area contributed by atoms with Crippen molar-refractivity contribution in [3.8, 4) is 23.8 Å². The number of nitrogens with zero attached hydrogens (tertiary/aromatic N) is 4. The monoisotopic (exact) mass is 340 g/mol. The first-order valence-corrected chi connectivity index (χ1v) is 7.38. The van der Waals surface area contributed by atoms with Crippen LogP contribution in [0.25, 0.3) is 5.69 Å². The Morgan fingerprint density at radius 3 is 2.73 bits per heavy atom. The largest absolute Gasteiger partial charge is 0.476 e. The number of hydrogen-bond acceptors (Lipinski definition) is 4. The summed E-state index contributed by atoms with van der Waals surface area (Å²) in [5.74, 6) is 2.75. The summed E-state index contributed by atoms with van der Waals surface area (Å²) in [7, 11) is 0. The van der Waals surface area contributed by atoms with Crippen molar-refractivity contribution in [1.82, 2.24) is 19.8 Å². The summed E-state index contributed by atoms with van der Waals surface area (Å²) >= 11 is 12.2. The molecule has 0 bridgehead atoms. The highest BCUT2D eigenvalue weighted by atomic mass is 35.5. The molecule has 0 N–H and O–H groups in total. The third kappa shape index (κ3) is 3.26. The third-order valence-electron chi connectivity index (χ3n) is 2.84. The maximum atomic E-state index is 12.2. The van der Waals surface area contributed by atoms with Gasteiger partial charge in [-0.25, -0.2) is 4.79 Å². The van der Waals surface area contributed by atoms with Crippen LogP contribution in [0, 0.1) is 12.3 Å². The summed E-state index contributed by atoms with van der Waals surface area (Å²) in [6, 6.07) is 2.99. The number of benzene rings is 1. The fourth-order valence-electron chi connectivity index (χ4n) is 1.77. The van der Waals surface area contributed by atoms with Gasteiger partial charge < -0.3 is 4.74 Å². The Morgan fingerprint density at radius 1 is 1.36 bits per heavy atom. The van der Waals surface area contributed by atoms with Gasteiger partial charge in [-0.1, -0.05) is 36.0 Å². The highest BCUT2D eigenvalue weighted by molar-refractivity contribution is 6.36. The lowest BCUT2D eigenvalue weighted by Crippen LogP contribution is -2.24. The van der Waals surface area contributed by atoms with Crippen LogP contribution in [-0.2, 0) is 6.54 Å². The van der Waals surface area contributed by atoms with Crippen LogP contribution < -0.4 is 10.4 Å². The van der Waals surface area contributed by atoms with Crippen molar-refractivity contribution in [3.05, 3.63) is 32.7 Å². The van der Waals surface area contributed by atoms with Gasteiger partial charge in [-0.3, -0.25) is 0 Å². The van der Waals surface area contributed by atoms with Crippen LogP contribution in [0.3, 0.4) is 0 Å². The Hall–Kier alpha value is -1.97. The van der Waals surface area contributed by atoms with Gasteiger partial charge in [0.05, 0.1) is 15.7 Å². The lowest BCUT2D eigenvalue weighted by molar-refractivity contribution is 0.279. The van der Waals surface area contributed by atoms with Gasteiger partial charge in [-0.05, 0) is 29.8 Å². The molecular formula is C14H14Cl2N4O2. The van der Waals surface area contributed by atoms with Gasteiger partial charge in [0.2, 0.25) is 0 Å². The molecule has 8 heteroatoms. The summed E-state index contributed by atoms with van der Waals surface area (Å²) in [6.07, 6.45) is 5.58. The molecule has 6 nitrogen and oxygen atoms in total.